The molecule has 0 spiro atoms. The summed E-state index contributed by atoms with van der Waals surface area (Å²) < 4.78 is 22.4. The minimum Gasteiger partial charge on any atom is -0.341 e. The number of carbonyl (C=O) groups is 2. The summed E-state index contributed by atoms with van der Waals surface area (Å²) in [5, 5.41) is 6.22. The zero-order chi connectivity index (χ0) is 26.4. The molecule has 2 amide bonds. The Labute approximate surface area is 225 Å². The number of rotatable bonds is 6. The van der Waals surface area contributed by atoms with E-state index in [0.717, 1.165) is 20.9 Å². The summed E-state index contributed by atoms with van der Waals surface area (Å²) in [4.78, 5) is 34.3. The molecule has 10 heteroatoms. The van der Waals surface area contributed by atoms with Gasteiger partial charge in [0.15, 0.2) is 6.23 Å². The minimum atomic E-state index is -0.695. The summed E-state index contributed by atoms with van der Waals surface area (Å²) in [7, 11) is 0. The van der Waals surface area contributed by atoms with Crippen LogP contribution < -0.4 is 10.6 Å². The lowest BCUT2D eigenvalue weighted by molar-refractivity contribution is -0.130. The van der Waals surface area contributed by atoms with Gasteiger partial charge in [0.25, 0.3) is 11.8 Å². The van der Waals surface area contributed by atoms with Gasteiger partial charge in [-0.1, -0.05) is 22.0 Å². The van der Waals surface area contributed by atoms with Crippen molar-refractivity contribution in [3.63, 3.8) is 0 Å². The fourth-order valence-corrected chi connectivity index (χ4v) is 4.95. The van der Waals surface area contributed by atoms with E-state index in [-0.39, 0.29) is 11.8 Å². The average Bonchev–Trinajstić information content (AvgIpc) is 3.58. The van der Waals surface area contributed by atoms with Crippen LogP contribution in [0.15, 0.2) is 76.5 Å². The van der Waals surface area contributed by atoms with Crippen molar-refractivity contribution in [3.8, 4) is 16.9 Å². The second-order valence-corrected chi connectivity index (χ2v) is 10.0. The number of amides is 2. The molecule has 0 saturated carbocycles. The molecule has 0 radical (unpaired) electrons. The first-order valence-corrected chi connectivity index (χ1v) is 12.8. The molecule has 0 bridgehead atoms. The molecule has 4 heterocycles. The van der Waals surface area contributed by atoms with Crippen LogP contribution in [0, 0.1) is 5.95 Å². The van der Waals surface area contributed by atoms with E-state index in [1.54, 1.807) is 22.6 Å². The molecule has 2 aliphatic rings. The lowest BCUT2D eigenvalue weighted by Gasteiger charge is -2.23. The minimum absolute atomic E-state index is 0.132. The van der Waals surface area contributed by atoms with E-state index in [9.17, 15) is 14.0 Å². The number of hydrogen-bond acceptors (Lipinski definition) is 5. The van der Waals surface area contributed by atoms with Crippen LogP contribution in [0.3, 0.4) is 0 Å². The Morgan fingerprint density at radius 2 is 1.89 bits per heavy atom. The van der Waals surface area contributed by atoms with Crippen LogP contribution in [-0.2, 0) is 20.7 Å². The lowest BCUT2D eigenvalue weighted by atomic mass is 10.1. The van der Waals surface area contributed by atoms with Gasteiger partial charge in [0.1, 0.15) is 11.8 Å². The van der Waals surface area contributed by atoms with Gasteiger partial charge in [-0.3, -0.25) is 9.59 Å². The molecule has 0 aliphatic carbocycles. The number of fused-ring (bicyclic) bond motifs is 1. The number of halogens is 2. The van der Waals surface area contributed by atoms with Gasteiger partial charge in [0.05, 0.1) is 11.0 Å². The highest BCUT2D eigenvalue weighted by atomic mass is 79.9. The highest BCUT2D eigenvalue weighted by Crippen LogP contribution is 2.37. The van der Waals surface area contributed by atoms with Crippen molar-refractivity contribution in [1.29, 1.82) is 0 Å². The van der Waals surface area contributed by atoms with E-state index < -0.39 is 18.3 Å². The molecule has 2 aromatic carbocycles. The monoisotopic (exact) mass is 573 g/mol. The molecule has 1 saturated heterocycles. The molecular weight excluding hydrogens is 553 g/mol. The van der Waals surface area contributed by atoms with Gasteiger partial charge in [-0.15, -0.1) is 0 Å². The molecule has 190 valence electrons. The Morgan fingerprint density at radius 1 is 1.08 bits per heavy atom. The number of ether oxygens (including phenoxy) is 1. The second-order valence-electron chi connectivity index (χ2n) is 9.12. The quantitative estimate of drug-likeness (QED) is 0.330. The Morgan fingerprint density at radius 3 is 2.66 bits per heavy atom. The van der Waals surface area contributed by atoms with E-state index in [2.05, 4.69) is 25.9 Å². The van der Waals surface area contributed by atoms with E-state index >= 15 is 0 Å². The van der Waals surface area contributed by atoms with E-state index in [1.165, 1.54) is 18.3 Å². The number of pyridine rings is 1. The number of nitrogens with zero attached hydrogens (tertiary/aromatic N) is 5. The molecule has 8 nitrogen and oxygen atoms in total. The van der Waals surface area contributed by atoms with E-state index in [4.69, 9.17) is 9.84 Å². The summed E-state index contributed by atoms with van der Waals surface area (Å²) in [5.41, 5.74) is 3.62. The van der Waals surface area contributed by atoms with Crippen molar-refractivity contribution in [2.45, 2.75) is 25.7 Å². The predicted molar refractivity (Wildman–Crippen MR) is 140 cm³/mol. The fraction of sp³-hybridized carbons (Fsp3) is 0.179. The smallest absolute Gasteiger partial charge is 0.270 e. The van der Waals surface area contributed by atoms with Gasteiger partial charge in [-0.25, -0.2) is 14.7 Å². The zero-order valence-corrected chi connectivity index (χ0v) is 21.8. The van der Waals surface area contributed by atoms with Crippen LogP contribution in [-0.4, -0.2) is 44.1 Å². The highest BCUT2D eigenvalue weighted by Gasteiger charge is 2.40. The van der Waals surface area contributed by atoms with Crippen molar-refractivity contribution in [2.75, 3.05) is 6.54 Å². The van der Waals surface area contributed by atoms with Crippen LogP contribution in [0.5, 0.6) is 0 Å². The van der Waals surface area contributed by atoms with Crippen LogP contribution in [0.4, 0.5) is 4.39 Å². The predicted octanol–water partition coefficient (Wildman–Crippen LogP) is 3.26. The SMILES string of the molecule is C[C@@H]1O[C@H](c2cn(-c3ccc(Br)cc3)nc2-c2ccc(F)nc2)N(CCc2ccc3c(c2)=CC(=O)N=3)C1=O. The third-order valence-electron chi connectivity index (χ3n) is 6.59. The maximum atomic E-state index is 13.6. The number of hydrogen-bond donors (Lipinski definition) is 0. The molecule has 0 N–H and O–H groups in total. The van der Waals surface area contributed by atoms with E-state index in [0.29, 0.717) is 35.1 Å². The van der Waals surface area contributed by atoms with Crippen LogP contribution in [0.2, 0.25) is 0 Å². The van der Waals surface area contributed by atoms with Crippen molar-refractivity contribution >= 4 is 33.8 Å². The Hall–Kier alpha value is -4.02. The van der Waals surface area contributed by atoms with E-state index in [1.807, 2.05) is 48.7 Å². The van der Waals surface area contributed by atoms with Crippen molar-refractivity contribution in [3.05, 3.63) is 99.1 Å². The number of carbonyl (C=O) groups excluding carboxylic acids is 2. The van der Waals surface area contributed by atoms with Gasteiger partial charge in [0, 0.05) is 45.8 Å². The molecule has 6 rings (SSSR count). The van der Waals surface area contributed by atoms with Gasteiger partial charge < -0.3 is 9.64 Å². The van der Waals surface area contributed by atoms with Crippen molar-refractivity contribution in [2.24, 2.45) is 4.99 Å². The molecule has 2 aromatic heterocycles. The highest BCUT2D eigenvalue weighted by molar-refractivity contribution is 9.10. The van der Waals surface area contributed by atoms with Crippen molar-refractivity contribution < 1.29 is 18.7 Å². The summed E-state index contributed by atoms with van der Waals surface area (Å²) >= 11 is 3.45. The maximum absolute atomic E-state index is 13.6. The molecule has 38 heavy (non-hydrogen) atoms. The van der Waals surface area contributed by atoms with Gasteiger partial charge >= 0.3 is 0 Å². The maximum Gasteiger partial charge on any atom is 0.270 e. The summed E-state index contributed by atoms with van der Waals surface area (Å²) in [6.45, 7) is 2.12. The normalized spacial score (nSPS) is 18.4. The second kappa shape index (κ2) is 9.70. The third-order valence-corrected chi connectivity index (χ3v) is 7.12. The molecule has 1 fully saturated rings. The summed E-state index contributed by atoms with van der Waals surface area (Å²) in [5.74, 6) is -0.987. The van der Waals surface area contributed by atoms with Crippen LogP contribution in [0.1, 0.15) is 24.3 Å². The first-order valence-electron chi connectivity index (χ1n) is 12.0. The average molecular weight is 574 g/mol. The Kier molecular flexibility index (Phi) is 6.21. The van der Waals surface area contributed by atoms with Gasteiger partial charge in [-0.2, -0.15) is 9.49 Å². The third kappa shape index (κ3) is 4.57. The summed E-state index contributed by atoms with van der Waals surface area (Å²) in [6, 6.07) is 16.2. The largest absolute Gasteiger partial charge is 0.341 e. The van der Waals surface area contributed by atoms with Crippen molar-refractivity contribution in [1.82, 2.24) is 19.7 Å². The zero-order valence-electron chi connectivity index (χ0n) is 20.2. The number of benzene rings is 2. The first-order chi connectivity index (χ1) is 18.4. The molecule has 0 unspecified atom stereocenters. The van der Waals surface area contributed by atoms with Crippen LogP contribution >= 0.6 is 15.9 Å². The molecule has 4 aromatic rings. The number of aromatic nitrogens is 3. The Balaban J connectivity index is 1.36. The molecule has 2 atom stereocenters. The first kappa shape index (κ1) is 24.3. The lowest BCUT2D eigenvalue weighted by Crippen LogP contribution is -2.32. The summed E-state index contributed by atoms with van der Waals surface area (Å²) in [6.07, 6.45) is 3.99. The standard InChI is InChI=1S/C28H21BrFN5O3/c1-16-27(37)34(11-10-17-2-8-23-19(12-17)13-25(36)32-23)28(38-16)22-15-35(21-6-4-20(29)5-7-21)33-26(22)18-3-9-24(30)31-14-18/h2-9,12-16,28H,10-11H2,1H3/t16-,28+/m0/s1. The fourth-order valence-electron chi connectivity index (χ4n) is 4.69. The topological polar surface area (TPSA) is 89.7 Å². The van der Waals surface area contributed by atoms with Gasteiger partial charge in [-0.05, 0) is 67.4 Å². The van der Waals surface area contributed by atoms with Gasteiger partial charge in [0.2, 0.25) is 5.95 Å². The molecular formula is C28H21BrFN5O3. The Bertz CT molecular complexity index is 1690. The van der Waals surface area contributed by atoms with Crippen LogP contribution in [0.25, 0.3) is 23.0 Å². The molecule has 2 aliphatic heterocycles.